The maximum absolute atomic E-state index is 13.3. The Labute approximate surface area is 224 Å². The SMILES string of the molecule is C=C(C)/C(=C\C(=CC)c1ccc(CF)nc1)C(=O)Nc1cccc(-c2nncn2C(CC)CCC(C)C)n1. The van der Waals surface area contributed by atoms with Gasteiger partial charge in [-0.15, -0.1) is 10.2 Å². The minimum absolute atomic E-state index is 0.271. The average molecular weight is 517 g/mol. The van der Waals surface area contributed by atoms with E-state index in [1.807, 2.05) is 25.1 Å². The zero-order valence-corrected chi connectivity index (χ0v) is 22.9. The van der Waals surface area contributed by atoms with Crippen LogP contribution in [0.5, 0.6) is 0 Å². The third kappa shape index (κ3) is 7.31. The second kappa shape index (κ2) is 13.6. The van der Waals surface area contributed by atoms with Crippen molar-refractivity contribution < 1.29 is 9.18 Å². The summed E-state index contributed by atoms with van der Waals surface area (Å²) in [5.41, 5.74) is 3.55. The summed E-state index contributed by atoms with van der Waals surface area (Å²) in [6.07, 6.45) is 10.1. The van der Waals surface area contributed by atoms with Crippen LogP contribution in [0.4, 0.5) is 10.2 Å². The summed E-state index contributed by atoms with van der Waals surface area (Å²) in [4.78, 5) is 22.1. The number of hydrogen-bond donors (Lipinski definition) is 1. The number of anilines is 1. The lowest BCUT2D eigenvalue weighted by atomic mass is 10.0. The average Bonchev–Trinajstić information content (AvgIpc) is 3.39. The van der Waals surface area contributed by atoms with Gasteiger partial charge in [-0.25, -0.2) is 9.37 Å². The second-order valence-electron chi connectivity index (χ2n) is 9.71. The van der Waals surface area contributed by atoms with Crippen LogP contribution in [0.1, 0.15) is 71.2 Å². The molecule has 3 heterocycles. The molecule has 1 unspecified atom stereocenters. The maximum Gasteiger partial charge on any atom is 0.257 e. The highest BCUT2D eigenvalue weighted by molar-refractivity contribution is 6.08. The van der Waals surface area contributed by atoms with Crippen LogP contribution in [0.15, 0.2) is 72.7 Å². The van der Waals surface area contributed by atoms with Crippen LogP contribution in [0.25, 0.3) is 17.1 Å². The van der Waals surface area contributed by atoms with Gasteiger partial charge in [-0.3, -0.25) is 9.78 Å². The first-order valence-electron chi connectivity index (χ1n) is 13.0. The van der Waals surface area contributed by atoms with Gasteiger partial charge in [0.2, 0.25) is 0 Å². The van der Waals surface area contributed by atoms with Crippen molar-refractivity contribution >= 4 is 17.3 Å². The van der Waals surface area contributed by atoms with Gasteiger partial charge in [0.15, 0.2) is 5.82 Å². The molecule has 0 spiro atoms. The van der Waals surface area contributed by atoms with Gasteiger partial charge in [-0.1, -0.05) is 45.6 Å². The first-order valence-corrected chi connectivity index (χ1v) is 13.0. The lowest BCUT2D eigenvalue weighted by Crippen LogP contribution is -2.16. The molecule has 0 saturated carbocycles. The number of halogens is 1. The van der Waals surface area contributed by atoms with E-state index in [0.717, 1.165) is 30.4 Å². The summed E-state index contributed by atoms with van der Waals surface area (Å²) in [7, 11) is 0. The number of nitrogens with one attached hydrogen (secondary N) is 1. The Morgan fingerprint density at radius 2 is 2.00 bits per heavy atom. The summed E-state index contributed by atoms with van der Waals surface area (Å²) in [6.45, 7) is 13.6. The Bertz CT molecular complexity index is 1310. The third-order valence-corrected chi connectivity index (χ3v) is 6.34. The van der Waals surface area contributed by atoms with E-state index in [9.17, 15) is 9.18 Å². The normalized spacial score (nSPS) is 13.0. The van der Waals surface area contributed by atoms with Crippen LogP contribution in [0.3, 0.4) is 0 Å². The van der Waals surface area contributed by atoms with Crippen LogP contribution in [-0.4, -0.2) is 30.6 Å². The van der Waals surface area contributed by atoms with Crippen molar-refractivity contribution in [3.8, 4) is 11.5 Å². The number of nitrogens with zero attached hydrogens (tertiary/aromatic N) is 5. The minimum Gasteiger partial charge on any atom is -0.309 e. The molecule has 3 aromatic rings. The van der Waals surface area contributed by atoms with Crippen molar-refractivity contribution in [2.75, 3.05) is 5.32 Å². The molecule has 8 heteroatoms. The molecule has 0 aliphatic carbocycles. The fourth-order valence-corrected chi connectivity index (χ4v) is 4.12. The smallest absolute Gasteiger partial charge is 0.257 e. The van der Waals surface area contributed by atoms with Crippen molar-refractivity contribution in [1.29, 1.82) is 0 Å². The quantitative estimate of drug-likeness (QED) is 0.204. The Hall–Kier alpha value is -3.94. The number of rotatable bonds is 12. The minimum atomic E-state index is -0.625. The van der Waals surface area contributed by atoms with E-state index in [4.69, 9.17) is 0 Å². The van der Waals surface area contributed by atoms with E-state index in [1.54, 1.807) is 43.7 Å². The van der Waals surface area contributed by atoms with Gasteiger partial charge in [-0.2, -0.15) is 0 Å². The first-order chi connectivity index (χ1) is 18.3. The molecule has 0 fully saturated rings. The second-order valence-corrected chi connectivity index (χ2v) is 9.71. The van der Waals surface area contributed by atoms with Crippen LogP contribution >= 0.6 is 0 Å². The summed E-state index contributed by atoms with van der Waals surface area (Å²) in [6, 6.07) is 9.14. The number of aromatic nitrogens is 5. The molecule has 1 N–H and O–H groups in total. The number of amides is 1. The maximum atomic E-state index is 13.3. The number of allylic oxidation sites excluding steroid dienone is 3. The molecule has 0 radical (unpaired) electrons. The van der Waals surface area contributed by atoms with Crippen molar-refractivity contribution in [1.82, 2.24) is 24.7 Å². The van der Waals surface area contributed by atoms with Gasteiger partial charge in [0.25, 0.3) is 5.91 Å². The predicted molar refractivity (Wildman–Crippen MR) is 151 cm³/mol. The van der Waals surface area contributed by atoms with E-state index >= 15 is 0 Å². The molecule has 0 aromatic carbocycles. The summed E-state index contributed by atoms with van der Waals surface area (Å²) >= 11 is 0. The molecular weight excluding hydrogens is 479 g/mol. The molecular formula is C30H37FN6O. The molecule has 0 aliphatic heterocycles. The third-order valence-electron chi connectivity index (χ3n) is 6.34. The monoisotopic (exact) mass is 516 g/mol. The van der Waals surface area contributed by atoms with Crippen molar-refractivity contribution in [2.45, 2.75) is 66.6 Å². The van der Waals surface area contributed by atoms with Crippen molar-refractivity contribution in [2.24, 2.45) is 5.92 Å². The number of hydrogen-bond acceptors (Lipinski definition) is 5. The zero-order valence-electron chi connectivity index (χ0n) is 22.9. The van der Waals surface area contributed by atoms with Crippen LogP contribution in [0, 0.1) is 5.92 Å². The Morgan fingerprint density at radius 3 is 2.61 bits per heavy atom. The van der Waals surface area contributed by atoms with Crippen molar-refractivity contribution in [3.05, 3.63) is 84.0 Å². The van der Waals surface area contributed by atoms with Crippen molar-refractivity contribution in [3.63, 3.8) is 0 Å². The molecule has 3 rings (SSSR count). The summed E-state index contributed by atoms with van der Waals surface area (Å²) < 4.78 is 14.9. The van der Waals surface area contributed by atoms with Crippen LogP contribution in [-0.2, 0) is 11.5 Å². The van der Waals surface area contributed by atoms with E-state index in [1.165, 1.54) is 0 Å². The number of pyridine rings is 2. The zero-order chi connectivity index (χ0) is 27.7. The van der Waals surface area contributed by atoms with Gasteiger partial charge in [0.05, 0.1) is 5.69 Å². The van der Waals surface area contributed by atoms with E-state index in [-0.39, 0.29) is 11.9 Å². The molecule has 7 nitrogen and oxygen atoms in total. The fourth-order valence-electron chi connectivity index (χ4n) is 4.12. The first kappa shape index (κ1) is 28.6. The molecule has 1 atom stereocenters. The standard InChI is InChI=1S/C30H37FN6O/c1-7-22(23-13-14-24(17-31)32-18-23)16-26(21(5)6)30(38)35-28-11-9-10-27(34-28)29-36-33-19-37(29)25(8-2)15-12-20(3)4/h7,9-11,13-14,16,18-20,25H,5,8,12,15,17H2,1-4,6H3,(H,34,35,38)/b22-7?,26-16+. The topological polar surface area (TPSA) is 85.6 Å². The Balaban J connectivity index is 1.85. The van der Waals surface area contributed by atoms with Gasteiger partial charge < -0.3 is 9.88 Å². The van der Waals surface area contributed by atoms with Crippen LogP contribution < -0.4 is 5.32 Å². The highest BCUT2D eigenvalue weighted by Crippen LogP contribution is 2.27. The highest BCUT2D eigenvalue weighted by Gasteiger charge is 2.18. The van der Waals surface area contributed by atoms with Gasteiger partial charge in [0.1, 0.15) is 24.5 Å². The van der Waals surface area contributed by atoms with E-state index in [2.05, 4.69) is 57.4 Å². The van der Waals surface area contributed by atoms with Gasteiger partial charge in [-0.05, 0) is 80.0 Å². The summed E-state index contributed by atoms with van der Waals surface area (Å²) in [5.74, 6) is 1.36. The molecule has 38 heavy (non-hydrogen) atoms. The molecule has 200 valence electrons. The molecule has 0 bridgehead atoms. The lowest BCUT2D eigenvalue weighted by molar-refractivity contribution is -0.112. The lowest BCUT2D eigenvalue weighted by Gasteiger charge is -2.19. The predicted octanol–water partition coefficient (Wildman–Crippen LogP) is 7.14. The molecule has 0 saturated heterocycles. The van der Waals surface area contributed by atoms with Crippen LogP contribution in [0.2, 0.25) is 0 Å². The summed E-state index contributed by atoms with van der Waals surface area (Å²) in [5, 5.41) is 11.4. The van der Waals surface area contributed by atoms with E-state index < -0.39 is 6.67 Å². The Kier molecular flexibility index (Phi) is 10.2. The molecule has 1 amide bonds. The largest absolute Gasteiger partial charge is 0.309 e. The molecule has 3 aromatic heterocycles. The number of alkyl halides is 1. The number of carbonyl (C=O) groups excluding carboxylic acids is 1. The van der Waals surface area contributed by atoms with Gasteiger partial charge in [0, 0.05) is 17.8 Å². The molecule has 0 aliphatic rings. The Morgan fingerprint density at radius 1 is 1.21 bits per heavy atom. The highest BCUT2D eigenvalue weighted by atomic mass is 19.1. The number of carbonyl (C=O) groups is 1. The van der Waals surface area contributed by atoms with Gasteiger partial charge >= 0.3 is 0 Å². The van der Waals surface area contributed by atoms with E-state index in [0.29, 0.717) is 40.1 Å². The fraction of sp³-hybridized carbons (Fsp3) is 0.367.